The summed E-state index contributed by atoms with van der Waals surface area (Å²) in [6.07, 6.45) is 7.95. The summed E-state index contributed by atoms with van der Waals surface area (Å²) in [7, 11) is 0. The van der Waals surface area contributed by atoms with Gasteiger partial charge >= 0.3 is 0 Å². The molecule has 2 aromatic heterocycles. The second-order valence-electron chi connectivity index (χ2n) is 5.99. The molecule has 0 atom stereocenters. The van der Waals surface area contributed by atoms with Gasteiger partial charge in [-0.15, -0.1) is 0 Å². The van der Waals surface area contributed by atoms with Crippen LogP contribution in [0.2, 0.25) is 0 Å². The van der Waals surface area contributed by atoms with E-state index in [2.05, 4.69) is 48.1 Å². The molecular weight excluding hydrogens is 266 g/mol. The van der Waals surface area contributed by atoms with E-state index < -0.39 is 0 Å². The fraction of sp³-hybridized carbons (Fsp3) is 0.533. The highest BCUT2D eigenvalue weighted by Gasteiger charge is 2.10. The molecule has 0 amide bonds. The van der Waals surface area contributed by atoms with Gasteiger partial charge in [0.2, 0.25) is 5.88 Å². The van der Waals surface area contributed by atoms with E-state index in [-0.39, 0.29) is 5.54 Å². The van der Waals surface area contributed by atoms with E-state index in [0.29, 0.717) is 18.2 Å². The zero-order chi connectivity index (χ0) is 15.3. The smallest absolute Gasteiger partial charge is 0.238 e. The predicted molar refractivity (Wildman–Crippen MR) is 81.2 cm³/mol. The summed E-state index contributed by atoms with van der Waals surface area (Å²) in [6.45, 7) is 9.99. The Balaban J connectivity index is 1.99. The van der Waals surface area contributed by atoms with Crippen LogP contribution in [0.25, 0.3) is 0 Å². The maximum atomic E-state index is 5.69. The molecule has 0 saturated carbocycles. The minimum absolute atomic E-state index is 0.0415. The molecule has 0 spiro atoms. The van der Waals surface area contributed by atoms with Crippen LogP contribution in [0.4, 0.5) is 0 Å². The second kappa shape index (κ2) is 6.67. The van der Waals surface area contributed by atoms with E-state index >= 15 is 0 Å². The van der Waals surface area contributed by atoms with Crippen molar-refractivity contribution in [3.63, 3.8) is 0 Å². The topological polar surface area (TPSA) is 64.9 Å². The lowest BCUT2D eigenvalue weighted by atomic mass is 10.1. The van der Waals surface area contributed by atoms with Crippen LogP contribution in [-0.2, 0) is 13.1 Å². The van der Waals surface area contributed by atoms with E-state index in [1.165, 1.54) is 0 Å². The highest BCUT2D eigenvalue weighted by atomic mass is 16.5. The molecule has 2 heterocycles. The number of ether oxygens (including phenoxy) is 1. The summed E-state index contributed by atoms with van der Waals surface area (Å²) in [5.74, 6) is 1.16. The average molecular weight is 289 g/mol. The van der Waals surface area contributed by atoms with Gasteiger partial charge in [-0.1, -0.05) is 6.92 Å². The third-order valence-corrected chi connectivity index (χ3v) is 2.75. The largest absolute Gasteiger partial charge is 0.434 e. The first-order valence-electron chi connectivity index (χ1n) is 7.22. The Hall–Kier alpha value is -1.95. The van der Waals surface area contributed by atoms with Gasteiger partial charge in [0, 0.05) is 24.8 Å². The van der Waals surface area contributed by atoms with Crippen LogP contribution < -0.4 is 10.1 Å². The molecule has 2 aromatic rings. The van der Waals surface area contributed by atoms with E-state index in [1.807, 2.05) is 10.9 Å². The van der Waals surface area contributed by atoms with Crippen molar-refractivity contribution in [2.45, 2.75) is 52.7 Å². The molecule has 6 nitrogen and oxygen atoms in total. The Morgan fingerprint density at radius 3 is 2.76 bits per heavy atom. The van der Waals surface area contributed by atoms with Gasteiger partial charge < -0.3 is 10.1 Å². The number of nitrogens with one attached hydrogen (secondary N) is 1. The molecule has 0 unspecified atom stereocenters. The number of rotatable bonds is 6. The van der Waals surface area contributed by atoms with Crippen molar-refractivity contribution < 1.29 is 4.74 Å². The van der Waals surface area contributed by atoms with Crippen LogP contribution in [0.5, 0.6) is 11.6 Å². The lowest BCUT2D eigenvalue weighted by Gasteiger charge is -2.20. The van der Waals surface area contributed by atoms with Crippen molar-refractivity contribution in [1.82, 2.24) is 25.1 Å². The third-order valence-electron chi connectivity index (χ3n) is 2.75. The highest BCUT2D eigenvalue weighted by molar-refractivity contribution is 5.20. The van der Waals surface area contributed by atoms with Crippen molar-refractivity contribution in [2.24, 2.45) is 0 Å². The van der Waals surface area contributed by atoms with Gasteiger partial charge in [0.1, 0.15) is 0 Å². The highest BCUT2D eigenvalue weighted by Crippen LogP contribution is 2.18. The first-order valence-corrected chi connectivity index (χ1v) is 7.22. The number of aryl methyl sites for hydroxylation is 1. The van der Waals surface area contributed by atoms with Gasteiger partial charge in [-0.25, -0.2) is 4.98 Å². The molecule has 0 saturated heterocycles. The van der Waals surface area contributed by atoms with Crippen LogP contribution in [0.1, 0.15) is 39.8 Å². The number of hydrogen-bond acceptors (Lipinski definition) is 5. The lowest BCUT2D eigenvalue weighted by Crippen LogP contribution is -2.35. The van der Waals surface area contributed by atoms with Gasteiger partial charge in [0.15, 0.2) is 5.75 Å². The summed E-state index contributed by atoms with van der Waals surface area (Å²) in [6, 6.07) is 0. The zero-order valence-electron chi connectivity index (χ0n) is 13.1. The Kier molecular flexibility index (Phi) is 4.90. The second-order valence-corrected chi connectivity index (χ2v) is 5.99. The molecule has 21 heavy (non-hydrogen) atoms. The van der Waals surface area contributed by atoms with Crippen LogP contribution in [-0.4, -0.2) is 25.3 Å². The monoisotopic (exact) mass is 289 g/mol. The molecule has 0 radical (unpaired) electrons. The van der Waals surface area contributed by atoms with Gasteiger partial charge in [-0.3, -0.25) is 9.67 Å². The first-order chi connectivity index (χ1) is 9.96. The maximum absolute atomic E-state index is 5.69. The molecule has 0 bridgehead atoms. The van der Waals surface area contributed by atoms with Gasteiger partial charge in [-0.2, -0.15) is 5.10 Å². The average Bonchev–Trinajstić information content (AvgIpc) is 2.84. The van der Waals surface area contributed by atoms with Crippen LogP contribution in [0.3, 0.4) is 0 Å². The summed E-state index contributed by atoms with van der Waals surface area (Å²) in [5.41, 5.74) is 0.892. The van der Waals surface area contributed by atoms with Crippen molar-refractivity contribution >= 4 is 0 Å². The molecule has 1 N–H and O–H groups in total. The molecule has 114 valence electrons. The van der Waals surface area contributed by atoms with Crippen molar-refractivity contribution in [3.05, 3.63) is 30.5 Å². The van der Waals surface area contributed by atoms with Gasteiger partial charge in [-0.05, 0) is 27.2 Å². The number of nitrogens with zero attached hydrogens (tertiary/aromatic N) is 4. The van der Waals surface area contributed by atoms with Crippen molar-refractivity contribution in [1.29, 1.82) is 0 Å². The zero-order valence-corrected chi connectivity index (χ0v) is 13.1. The fourth-order valence-electron chi connectivity index (χ4n) is 1.75. The van der Waals surface area contributed by atoms with Gasteiger partial charge in [0.05, 0.1) is 24.3 Å². The van der Waals surface area contributed by atoms with Crippen molar-refractivity contribution in [2.75, 3.05) is 0 Å². The first kappa shape index (κ1) is 15.4. The summed E-state index contributed by atoms with van der Waals surface area (Å²) >= 11 is 0. The molecule has 0 aliphatic heterocycles. The minimum atomic E-state index is 0.0415. The maximum Gasteiger partial charge on any atom is 0.238 e. The minimum Gasteiger partial charge on any atom is -0.434 e. The molecule has 0 aliphatic carbocycles. The SMILES string of the molecule is CCCn1cc(Oc2cncc(CNC(C)(C)C)n2)cn1. The lowest BCUT2D eigenvalue weighted by molar-refractivity contribution is 0.414. The summed E-state index contributed by atoms with van der Waals surface area (Å²) in [5, 5.41) is 7.60. The van der Waals surface area contributed by atoms with E-state index in [4.69, 9.17) is 4.74 Å². The summed E-state index contributed by atoms with van der Waals surface area (Å²) in [4.78, 5) is 8.61. The predicted octanol–water partition coefficient (Wildman–Crippen LogP) is 2.76. The van der Waals surface area contributed by atoms with Crippen LogP contribution in [0, 0.1) is 0 Å². The van der Waals surface area contributed by atoms with E-state index in [1.54, 1.807) is 18.6 Å². The standard InChI is InChI=1S/C15H23N5O/c1-5-6-20-11-13(9-18-20)21-14-10-16-7-12(19-14)8-17-15(2,3)4/h7,9-11,17H,5-6,8H2,1-4H3. The molecule has 6 heteroatoms. The normalized spacial score (nSPS) is 11.6. The Morgan fingerprint density at radius 1 is 1.24 bits per heavy atom. The molecule has 2 rings (SSSR count). The molecule has 0 aromatic carbocycles. The third kappa shape index (κ3) is 5.15. The Bertz CT molecular complexity index is 573. The molecule has 0 aliphatic rings. The quantitative estimate of drug-likeness (QED) is 0.886. The molecular formula is C15H23N5O. The van der Waals surface area contributed by atoms with Crippen LogP contribution in [0.15, 0.2) is 24.8 Å². The van der Waals surface area contributed by atoms with E-state index in [0.717, 1.165) is 18.7 Å². The molecule has 0 fully saturated rings. The summed E-state index contributed by atoms with van der Waals surface area (Å²) < 4.78 is 7.55. The van der Waals surface area contributed by atoms with Gasteiger partial charge in [0.25, 0.3) is 0 Å². The van der Waals surface area contributed by atoms with Crippen LogP contribution >= 0.6 is 0 Å². The Labute approximate surface area is 125 Å². The van der Waals surface area contributed by atoms with Crippen molar-refractivity contribution in [3.8, 4) is 11.6 Å². The van der Waals surface area contributed by atoms with E-state index in [9.17, 15) is 0 Å². The number of aromatic nitrogens is 4. The fourth-order valence-corrected chi connectivity index (χ4v) is 1.75. The Morgan fingerprint density at radius 2 is 2.05 bits per heavy atom. The number of hydrogen-bond donors (Lipinski definition) is 1.